The minimum absolute atomic E-state index is 0.392. The fourth-order valence-corrected chi connectivity index (χ4v) is 1.08. The summed E-state index contributed by atoms with van der Waals surface area (Å²) in [6.07, 6.45) is 0.111. The molecule has 0 N–H and O–H groups in total. The number of nitrogens with zero attached hydrogens (tertiary/aromatic N) is 2. The van der Waals surface area contributed by atoms with E-state index in [0.717, 1.165) is 4.68 Å². The van der Waals surface area contributed by atoms with E-state index in [-0.39, 0.29) is 0 Å². The molecule has 1 aromatic rings. The monoisotopic (exact) mass is 188 g/mol. The largest absolute Gasteiger partial charge is 0.298 e. The smallest absolute Gasteiger partial charge is 0.257 e. The van der Waals surface area contributed by atoms with Crippen LogP contribution in [-0.2, 0) is 13.0 Å². The van der Waals surface area contributed by atoms with Gasteiger partial charge in [0.05, 0.1) is 11.3 Å². The first-order chi connectivity index (χ1) is 6.17. The van der Waals surface area contributed by atoms with Gasteiger partial charge in [-0.1, -0.05) is 6.92 Å². The van der Waals surface area contributed by atoms with Crippen molar-refractivity contribution in [2.75, 3.05) is 0 Å². The van der Waals surface area contributed by atoms with Crippen molar-refractivity contribution in [2.45, 2.75) is 26.3 Å². The van der Waals surface area contributed by atoms with Crippen LogP contribution in [0.4, 0.5) is 8.78 Å². The van der Waals surface area contributed by atoms with E-state index in [1.807, 2.05) is 6.92 Å². The standard InChI is InChI=1S/C8H10F2N2O/c1-2-7-6(5-13)3-12(11-7)4-8(9)10/h3,5,8H,2,4H2,1H3. The molecule has 72 valence electrons. The van der Waals surface area contributed by atoms with E-state index < -0.39 is 13.0 Å². The number of carbonyl (C=O) groups is 1. The van der Waals surface area contributed by atoms with Crippen LogP contribution in [0.25, 0.3) is 0 Å². The molecule has 0 radical (unpaired) electrons. The summed E-state index contributed by atoms with van der Waals surface area (Å²) in [6, 6.07) is 0. The first kappa shape index (κ1) is 9.83. The normalized spacial score (nSPS) is 10.8. The molecule has 0 amide bonds. The highest BCUT2D eigenvalue weighted by molar-refractivity contribution is 5.75. The van der Waals surface area contributed by atoms with E-state index in [1.165, 1.54) is 6.20 Å². The van der Waals surface area contributed by atoms with Gasteiger partial charge in [-0.05, 0) is 6.42 Å². The minimum Gasteiger partial charge on any atom is -0.298 e. The summed E-state index contributed by atoms with van der Waals surface area (Å²) in [7, 11) is 0. The minimum atomic E-state index is -2.44. The Morgan fingerprint density at radius 2 is 2.38 bits per heavy atom. The summed E-state index contributed by atoms with van der Waals surface area (Å²) in [5, 5.41) is 3.85. The quantitative estimate of drug-likeness (QED) is 0.671. The average molecular weight is 188 g/mol. The fraction of sp³-hybridized carbons (Fsp3) is 0.500. The zero-order valence-corrected chi connectivity index (χ0v) is 7.20. The van der Waals surface area contributed by atoms with Gasteiger partial charge >= 0.3 is 0 Å². The topological polar surface area (TPSA) is 34.9 Å². The molecule has 1 rings (SSSR count). The summed E-state index contributed by atoms with van der Waals surface area (Å²) in [5.74, 6) is 0. The molecule has 0 bridgehead atoms. The van der Waals surface area contributed by atoms with Crippen molar-refractivity contribution in [1.82, 2.24) is 9.78 Å². The third-order valence-electron chi connectivity index (χ3n) is 1.66. The molecule has 1 aromatic heterocycles. The first-order valence-corrected chi connectivity index (χ1v) is 3.97. The van der Waals surface area contributed by atoms with Gasteiger partial charge in [0, 0.05) is 6.20 Å². The molecular formula is C8H10F2N2O. The lowest BCUT2D eigenvalue weighted by Crippen LogP contribution is -2.07. The summed E-state index contributed by atoms with van der Waals surface area (Å²) in [6.45, 7) is 1.36. The maximum absolute atomic E-state index is 11.9. The predicted octanol–water partition coefficient (Wildman–Crippen LogP) is 1.52. The molecule has 0 saturated heterocycles. The van der Waals surface area contributed by atoms with Crippen LogP contribution in [0.2, 0.25) is 0 Å². The van der Waals surface area contributed by atoms with Gasteiger partial charge in [0.1, 0.15) is 6.54 Å². The molecule has 1 heterocycles. The zero-order chi connectivity index (χ0) is 9.84. The van der Waals surface area contributed by atoms with Crippen molar-refractivity contribution < 1.29 is 13.6 Å². The summed E-state index contributed by atoms with van der Waals surface area (Å²) >= 11 is 0. The second-order valence-electron chi connectivity index (χ2n) is 2.62. The lowest BCUT2D eigenvalue weighted by Gasteiger charge is -1.97. The van der Waals surface area contributed by atoms with Crippen molar-refractivity contribution in [3.05, 3.63) is 17.5 Å². The lowest BCUT2D eigenvalue weighted by atomic mass is 10.2. The fourth-order valence-electron chi connectivity index (χ4n) is 1.08. The molecule has 0 aromatic carbocycles. The molecule has 0 aliphatic carbocycles. The van der Waals surface area contributed by atoms with Gasteiger partial charge in [0.2, 0.25) is 0 Å². The Labute approximate surface area is 74.4 Å². The molecule has 0 spiro atoms. The van der Waals surface area contributed by atoms with Crippen LogP contribution in [-0.4, -0.2) is 22.5 Å². The maximum atomic E-state index is 11.9. The molecule has 0 atom stereocenters. The Bertz CT molecular complexity index is 296. The number of rotatable bonds is 4. The van der Waals surface area contributed by atoms with Crippen LogP contribution in [0.15, 0.2) is 6.20 Å². The van der Waals surface area contributed by atoms with Crippen LogP contribution >= 0.6 is 0 Å². The van der Waals surface area contributed by atoms with Gasteiger partial charge in [-0.15, -0.1) is 0 Å². The highest BCUT2D eigenvalue weighted by atomic mass is 19.3. The molecule has 0 saturated carbocycles. The Hall–Kier alpha value is -1.26. The third kappa shape index (κ3) is 2.34. The van der Waals surface area contributed by atoms with Crippen LogP contribution in [0.3, 0.4) is 0 Å². The predicted molar refractivity (Wildman–Crippen MR) is 43.0 cm³/mol. The average Bonchev–Trinajstić information content (AvgIpc) is 2.45. The Balaban J connectivity index is 2.86. The molecule has 5 heteroatoms. The zero-order valence-electron chi connectivity index (χ0n) is 7.20. The summed E-state index contributed by atoms with van der Waals surface area (Å²) in [4.78, 5) is 10.4. The number of hydrogen-bond donors (Lipinski definition) is 0. The van der Waals surface area contributed by atoms with Gasteiger partial charge in [-0.25, -0.2) is 8.78 Å². The molecule has 0 fully saturated rings. The Kier molecular flexibility index (Phi) is 3.11. The highest BCUT2D eigenvalue weighted by Gasteiger charge is 2.09. The number of halogens is 2. The number of aromatic nitrogens is 2. The van der Waals surface area contributed by atoms with Crippen molar-refractivity contribution in [3.8, 4) is 0 Å². The van der Waals surface area contributed by atoms with E-state index in [4.69, 9.17) is 0 Å². The SMILES string of the molecule is CCc1nn(CC(F)F)cc1C=O. The summed E-state index contributed by atoms with van der Waals surface area (Å²) in [5.41, 5.74) is 0.957. The van der Waals surface area contributed by atoms with Gasteiger partial charge in [0.15, 0.2) is 6.29 Å². The van der Waals surface area contributed by atoms with Gasteiger partial charge in [-0.2, -0.15) is 5.10 Å². The van der Waals surface area contributed by atoms with Gasteiger partial charge in [-0.3, -0.25) is 9.48 Å². The third-order valence-corrected chi connectivity index (χ3v) is 1.66. The molecule has 0 unspecified atom stereocenters. The first-order valence-electron chi connectivity index (χ1n) is 3.97. The van der Waals surface area contributed by atoms with E-state index in [1.54, 1.807) is 0 Å². The lowest BCUT2D eigenvalue weighted by molar-refractivity contribution is 0.111. The van der Waals surface area contributed by atoms with E-state index in [9.17, 15) is 13.6 Å². The number of alkyl halides is 2. The molecule has 0 aliphatic heterocycles. The van der Waals surface area contributed by atoms with Crippen molar-refractivity contribution >= 4 is 6.29 Å². The second-order valence-corrected chi connectivity index (χ2v) is 2.62. The second kappa shape index (κ2) is 4.11. The van der Waals surface area contributed by atoms with Gasteiger partial charge in [0.25, 0.3) is 6.43 Å². The number of hydrogen-bond acceptors (Lipinski definition) is 2. The number of carbonyl (C=O) groups excluding carboxylic acids is 1. The molecule has 0 aliphatic rings. The van der Waals surface area contributed by atoms with Crippen LogP contribution in [0.1, 0.15) is 23.0 Å². The Morgan fingerprint density at radius 1 is 1.69 bits per heavy atom. The van der Waals surface area contributed by atoms with Crippen molar-refractivity contribution in [1.29, 1.82) is 0 Å². The molecule has 3 nitrogen and oxygen atoms in total. The van der Waals surface area contributed by atoms with Crippen LogP contribution in [0, 0.1) is 0 Å². The van der Waals surface area contributed by atoms with Crippen LogP contribution < -0.4 is 0 Å². The molecular weight excluding hydrogens is 178 g/mol. The highest BCUT2D eigenvalue weighted by Crippen LogP contribution is 2.06. The van der Waals surface area contributed by atoms with E-state index in [2.05, 4.69) is 5.10 Å². The number of aryl methyl sites for hydroxylation is 1. The maximum Gasteiger partial charge on any atom is 0.257 e. The Morgan fingerprint density at radius 3 is 2.77 bits per heavy atom. The van der Waals surface area contributed by atoms with E-state index >= 15 is 0 Å². The van der Waals surface area contributed by atoms with Crippen molar-refractivity contribution in [2.24, 2.45) is 0 Å². The van der Waals surface area contributed by atoms with Gasteiger partial charge < -0.3 is 0 Å². The summed E-state index contributed by atoms with van der Waals surface area (Å²) < 4.78 is 24.9. The molecule has 13 heavy (non-hydrogen) atoms. The van der Waals surface area contributed by atoms with E-state index in [0.29, 0.717) is 24.0 Å². The van der Waals surface area contributed by atoms with Crippen molar-refractivity contribution in [3.63, 3.8) is 0 Å². The van der Waals surface area contributed by atoms with Crippen LogP contribution in [0.5, 0.6) is 0 Å². The number of aldehydes is 1.